The molecule has 0 aliphatic heterocycles. The Labute approximate surface area is 56.1 Å². The molecule has 0 saturated heterocycles. The maximum absolute atomic E-state index is 7.34. The van der Waals surface area contributed by atoms with Crippen LogP contribution in [0, 0.1) is 0 Å². The lowest BCUT2D eigenvalue weighted by Gasteiger charge is -1.83. The van der Waals surface area contributed by atoms with Gasteiger partial charge in [0, 0.05) is 11.7 Å². The molecule has 0 aliphatic rings. The predicted octanol–water partition coefficient (Wildman–Crippen LogP) is 2.17. The van der Waals surface area contributed by atoms with Crippen molar-refractivity contribution >= 4 is 10.9 Å². The molecule has 0 saturated carbocycles. The zero-order valence-electron chi connectivity index (χ0n) is 6.81. The normalized spacial score (nSPS) is 13.3. The Hall–Kier alpha value is -1.24. The van der Waals surface area contributed by atoms with Crippen LogP contribution in [-0.4, -0.2) is 4.98 Å². The van der Waals surface area contributed by atoms with Crippen molar-refractivity contribution in [2.24, 2.45) is 0 Å². The first-order valence-corrected chi connectivity index (χ1v) is 2.82. The lowest BCUT2D eigenvalue weighted by Crippen LogP contribution is -1.61. The van der Waals surface area contributed by atoms with Gasteiger partial charge in [-0.3, -0.25) is 0 Å². The number of H-pyrrole nitrogens is 1. The lowest BCUT2D eigenvalue weighted by molar-refractivity contribution is 1.48. The van der Waals surface area contributed by atoms with Gasteiger partial charge < -0.3 is 4.98 Å². The fourth-order valence-corrected chi connectivity index (χ4v) is 0.878. The smallest absolute Gasteiger partial charge is 0.0623 e. The number of rotatable bonds is 0. The standard InChI is InChI=1S/C8H7N/c1-2-4-8-7(3-1)5-6-9-8/h1-6,9H/i1D,2D. The summed E-state index contributed by atoms with van der Waals surface area (Å²) in [5, 5.41) is 0.992. The van der Waals surface area contributed by atoms with Crippen molar-refractivity contribution in [1.29, 1.82) is 0 Å². The number of nitrogens with one attached hydrogen (secondary N) is 1. The molecule has 0 unspecified atom stereocenters. The molecular weight excluding hydrogens is 110 g/mol. The van der Waals surface area contributed by atoms with Crippen LogP contribution in [0.5, 0.6) is 0 Å². The molecule has 0 fully saturated rings. The Bertz CT molecular complexity index is 356. The van der Waals surface area contributed by atoms with E-state index in [0.717, 1.165) is 10.9 Å². The second-order valence-corrected chi connectivity index (χ2v) is 1.92. The highest BCUT2D eigenvalue weighted by molar-refractivity contribution is 5.78. The highest BCUT2D eigenvalue weighted by atomic mass is 14.6. The molecule has 1 heteroatoms. The van der Waals surface area contributed by atoms with E-state index in [1.165, 1.54) is 0 Å². The summed E-state index contributed by atoms with van der Waals surface area (Å²) in [4.78, 5) is 2.98. The van der Waals surface area contributed by atoms with Crippen LogP contribution in [0.15, 0.2) is 36.5 Å². The van der Waals surface area contributed by atoms with E-state index in [4.69, 9.17) is 2.74 Å². The third-order valence-corrected chi connectivity index (χ3v) is 1.34. The zero-order valence-corrected chi connectivity index (χ0v) is 4.81. The second-order valence-electron chi connectivity index (χ2n) is 1.92. The van der Waals surface area contributed by atoms with Crippen molar-refractivity contribution in [3.63, 3.8) is 0 Å². The van der Waals surface area contributed by atoms with E-state index < -0.39 is 0 Å². The molecule has 1 aromatic carbocycles. The molecule has 2 aromatic rings. The monoisotopic (exact) mass is 119 g/mol. The molecule has 0 atom stereocenters. The molecule has 0 amide bonds. The van der Waals surface area contributed by atoms with E-state index in [1.54, 1.807) is 12.1 Å². The molecule has 0 bridgehead atoms. The van der Waals surface area contributed by atoms with Gasteiger partial charge in [-0.15, -0.1) is 0 Å². The Morgan fingerprint density at radius 1 is 1.22 bits per heavy atom. The van der Waals surface area contributed by atoms with Crippen LogP contribution in [0.1, 0.15) is 2.74 Å². The van der Waals surface area contributed by atoms with Crippen molar-refractivity contribution in [1.82, 2.24) is 4.98 Å². The molecule has 9 heavy (non-hydrogen) atoms. The van der Waals surface area contributed by atoms with Gasteiger partial charge >= 0.3 is 0 Å². The first kappa shape index (κ1) is 3.06. The zero-order chi connectivity index (χ0) is 7.84. The summed E-state index contributed by atoms with van der Waals surface area (Å²) in [5.41, 5.74) is 0.922. The van der Waals surface area contributed by atoms with Gasteiger partial charge in [-0.25, -0.2) is 0 Å². The summed E-state index contributed by atoms with van der Waals surface area (Å²) in [7, 11) is 0. The fourth-order valence-electron chi connectivity index (χ4n) is 0.878. The minimum absolute atomic E-state index is 0.264. The SMILES string of the molecule is [2H]c1cc2cc[nH]c2cc1[2H]. The van der Waals surface area contributed by atoms with Gasteiger partial charge in [0.05, 0.1) is 2.74 Å². The molecule has 1 nitrogen and oxygen atoms in total. The van der Waals surface area contributed by atoms with Crippen LogP contribution in [-0.2, 0) is 0 Å². The third-order valence-electron chi connectivity index (χ3n) is 1.34. The number of aromatic amines is 1. The highest BCUT2D eigenvalue weighted by Gasteiger charge is 1.86. The first-order chi connectivity index (χ1) is 5.27. The topological polar surface area (TPSA) is 15.8 Å². The van der Waals surface area contributed by atoms with Crippen molar-refractivity contribution in [3.05, 3.63) is 36.5 Å². The number of aromatic nitrogens is 1. The Balaban J connectivity index is 2.86. The van der Waals surface area contributed by atoms with Crippen LogP contribution >= 0.6 is 0 Å². The fraction of sp³-hybridized carbons (Fsp3) is 0. The van der Waals surface area contributed by atoms with Crippen LogP contribution < -0.4 is 0 Å². The average molecular weight is 119 g/mol. The summed E-state index contributed by atoms with van der Waals surface area (Å²) in [6.07, 6.45) is 1.81. The van der Waals surface area contributed by atoms with Crippen molar-refractivity contribution in [2.75, 3.05) is 0 Å². The first-order valence-electron chi connectivity index (χ1n) is 3.82. The minimum atomic E-state index is 0.264. The van der Waals surface area contributed by atoms with Gasteiger partial charge in [0.15, 0.2) is 0 Å². The van der Waals surface area contributed by atoms with Gasteiger partial charge in [-0.1, -0.05) is 18.2 Å². The molecule has 1 heterocycles. The lowest BCUT2D eigenvalue weighted by atomic mass is 10.3. The van der Waals surface area contributed by atoms with E-state index in [1.807, 2.05) is 12.3 Å². The molecule has 2 rings (SSSR count). The van der Waals surface area contributed by atoms with Crippen LogP contribution in [0.2, 0.25) is 0 Å². The number of hydrogen-bond acceptors (Lipinski definition) is 0. The Morgan fingerprint density at radius 3 is 3.11 bits per heavy atom. The number of benzene rings is 1. The third kappa shape index (κ3) is 0.617. The molecule has 1 aromatic heterocycles. The van der Waals surface area contributed by atoms with Gasteiger partial charge in [-0.2, -0.15) is 0 Å². The van der Waals surface area contributed by atoms with Crippen LogP contribution in [0.3, 0.4) is 0 Å². The molecule has 1 N–H and O–H groups in total. The number of hydrogen-bond donors (Lipinski definition) is 1. The summed E-state index contributed by atoms with van der Waals surface area (Å²) < 4.78 is 14.7. The maximum atomic E-state index is 7.34. The molecule has 0 aliphatic carbocycles. The van der Waals surface area contributed by atoms with E-state index in [-0.39, 0.29) is 12.1 Å². The Morgan fingerprint density at radius 2 is 2.11 bits per heavy atom. The van der Waals surface area contributed by atoms with E-state index in [0.29, 0.717) is 0 Å². The van der Waals surface area contributed by atoms with Crippen molar-refractivity contribution in [2.45, 2.75) is 0 Å². The molecule has 44 valence electrons. The van der Waals surface area contributed by atoms with Crippen LogP contribution in [0.4, 0.5) is 0 Å². The molecule has 0 spiro atoms. The van der Waals surface area contributed by atoms with Gasteiger partial charge in [0.2, 0.25) is 0 Å². The number of fused-ring (bicyclic) bond motifs is 1. The van der Waals surface area contributed by atoms with E-state index >= 15 is 0 Å². The Kier molecular flexibility index (Phi) is 0.552. The second kappa shape index (κ2) is 1.62. The van der Waals surface area contributed by atoms with Crippen molar-refractivity contribution in [3.8, 4) is 0 Å². The maximum Gasteiger partial charge on any atom is 0.0623 e. The van der Waals surface area contributed by atoms with Crippen molar-refractivity contribution < 1.29 is 2.74 Å². The predicted molar refractivity (Wildman–Crippen MR) is 38.3 cm³/mol. The van der Waals surface area contributed by atoms with Gasteiger partial charge in [0.25, 0.3) is 0 Å². The van der Waals surface area contributed by atoms with E-state index in [2.05, 4.69) is 4.98 Å². The summed E-state index contributed by atoms with van der Waals surface area (Å²) in [6, 6.07) is 5.79. The molecule has 0 radical (unpaired) electrons. The quantitative estimate of drug-likeness (QED) is 0.547. The van der Waals surface area contributed by atoms with E-state index in [9.17, 15) is 0 Å². The van der Waals surface area contributed by atoms with Crippen LogP contribution in [0.25, 0.3) is 10.9 Å². The largest absolute Gasteiger partial charge is 0.361 e. The van der Waals surface area contributed by atoms with Gasteiger partial charge in [0.1, 0.15) is 0 Å². The summed E-state index contributed by atoms with van der Waals surface area (Å²) in [6.45, 7) is 0. The van der Waals surface area contributed by atoms with Gasteiger partial charge in [-0.05, 0) is 17.5 Å². The summed E-state index contributed by atoms with van der Waals surface area (Å²) >= 11 is 0. The number of para-hydroxylation sites is 1. The molecular formula is C8H7N. The average Bonchev–Trinajstić information content (AvgIpc) is 2.36. The highest BCUT2D eigenvalue weighted by Crippen LogP contribution is 2.09. The minimum Gasteiger partial charge on any atom is -0.361 e. The summed E-state index contributed by atoms with van der Waals surface area (Å²) in [5.74, 6) is 0.